The number of hydrogen-bond donors (Lipinski definition) is 2. The largest absolute Gasteiger partial charge is 0.391 e. The number of nitrogens with zero attached hydrogens (tertiary/aromatic N) is 1. The molecular weight excluding hydrogens is 242 g/mol. The van der Waals surface area contributed by atoms with Gasteiger partial charge in [-0.25, -0.2) is 0 Å². The minimum Gasteiger partial charge on any atom is -0.391 e. The molecule has 0 bridgehead atoms. The number of aliphatic hydroxyl groups is 2. The number of likely N-dealkylation sites (tertiary alicyclic amines) is 1. The molecule has 19 heavy (non-hydrogen) atoms. The first-order valence-corrected chi connectivity index (χ1v) is 6.73. The second-order valence-corrected chi connectivity index (χ2v) is 5.45. The van der Waals surface area contributed by atoms with Crippen LogP contribution in [0.3, 0.4) is 0 Å². The van der Waals surface area contributed by atoms with Gasteiger partial charge < -0.3 is 15.1 Å². The molecule has 104 valence electrons. The van der Waals surface area contributed by atoms with E-state index < -0.39 is 11.7 Å². The fraction of sp³-hybridized carbons (Fsp3) is 0.533. The molecule has 1 aromatic rings. The summed E-state index contributed by atoms with van der Waals surface area (Å²) in [6, 6.07) is 9.21. The third kappa shape index (κ3) is 3.55. The zero-order valence-corrected chi connectivity index (χ0v) is 11.2. The van der Waals surface area contributed by atoms with Gasteiger partial charge >= 0.3 is 0 Å². The molecule has 1 saturated heterocycles. The molecule has 0 aliphatic carbocycles. The summed E-state index contributed by atoms with van der Waals surface area (Å²) in [5, 5.41) is 20.0. The Kier molecular flexibility index (Phi) is 4.22. The number of piperidine rings is 1. The molecule has 0 spiro atoms. The van der Waals surface area contributed by atoms with Crippen LogP contribution in [-0.2, 0) is 10.4 Å². The highest BCUT2D eigenvalue weighted by Crippen LogP contribution is 2.25. The molecule has 1 amide bonds. The van der Waals surface area contributed by atoms with Crippen molar-refractivity contribution in [2.24, 2.45) is 0 Å². The number of carbonyl (C=O) groups excluding carboxylic acids is 1. The summed E-state index contributed by atoms with van der Waals surface area (Å²) in [7, 11) is 0. The summed E-state index contributed by atoms with van der Waals surface area (Å²) in [4.78, 5) is 13.8. The van der Waals surface area contributed by atoms with E-state index in [1.54, 1.807) is 11.8 Å². The molecule has 1 aliphatic heterocycles. The van der Waals surface area contributed by atoms with Gasteiger partial charge in [0.25, 0.3) is 0 Å². The minimum atomic E-state index is -1.17. The Bertz CT molecular complexity index is 430. The molecule has 1 heterocycles. The summed E-state index contributed by atoms with van der Waals surface area (Å²) in [5.74, 6) is -0.104. The van der Waals surface area contributed by atoms with Crippen LogP contribution in [-0.4, -0.2) is 40.2 Å². The van der Waals surface area contributed by atoms with Gasteiger partial charge in [-0.3, -0.25) is 4.79 Å². The second-order valence-electron chi connectivity index (χ2n) is 5.45. The van der Waals surface area contributed by atoms with Crippen molar-refractivity contribution in [3.05, 3.63) is 35.9 Å². The molecule has 0 saturated carbocycles. The Hall–Kier alpha value is -1.39. The zero-order chi connectivity index (χ0) is 13.9. The van der Waals surface area contributed by atoms with Crippen molar-refractivity contribution < 1.29 is 15.0 Å². The molecule has 2 unspecified atom stereocenters. The second kappa shape index (κ2) is 5.72. The highest BCUT2D eigenvalue weighted by atomic mass is 16.3. The number of amides is 1. The van der Waals surface area contributed by atoms with E-state index in [-0.39, 0.29) is 12.3 Å². The van der Waals surface area contributed by atoms with Crippen LogP contribution in [0.5, 0.6) is 0 Å². The van der Waals surface area contributed by atoms with Crippen LogP contribution in [0.15, 0.2) is 30.3 Å². The molecule has 2 atom stereocenters. The van der Waals surface area contributed by atoms with Gasteiger partial charge in [0.1, 0.15) is 0 Å². The van der Waals surface area contributed by atoms with Gasteiger partial charge in [-0.05, 0) is 25.3 Å². The number of benzene rings is 1. The first-order valence-electron chi connectivity index (χ1n) is 6.73. The van der Waals surface area contributed by atoms with Crippen LogP contribution in [0, 0.1) is 0 Å². The maximum absolute atomic E-state index is 12.2. The summed E-state index contributed by atoms with van der Waals surface area (Å²) in [6.07, 6.45) is 1.18. The van der Waals surface area contributed by atoms with Crippen molar-refractivity contribution in [1.82, 2.24) is 4.90 Å². The van der Waals surface area contributed by atoms with Crippen LogP contribution < -0.4 is 0 Å². The van der Waals surface area contributed by atoms with E-state index >= 15 is 0 Å². The SMILES string of the molecule is CC(O)(CC(=O)N1CCCC(O)C1)c1ccccc1. The predicted molar refractivity (Wildman–Crippen MR) is 72.5 cm³/mol. The van der Waals surface area contributed by atoms with Crippen molar-refractivity contribution in [3.63, 3.8) is 0 Å². The molecule has 1 fully saturated rings. The number of β-amino-alcohol motifs (C(OH)–C–C–N with tert-alkyl or cyclic N) is 1. The van der Waals surface area contributed by atoms with Crippen LogP contribution >= 0.6 is 0 Å². The predicted octanol–water partition coefficient (Wildman–Crippen LogP) is 1.27. The maximum atomic E-state index is 12.2. The molecule has 0 radical (unpaired) electrons. The van der Waals surface area contributed by atoms with E-state index in [9.17, 15) is 15.0 Å². The first kappa shape index (κ1) is 14.0. The number of hydrogen-bond acceptors (Lipinski definition) is 3. The van der Waals surface area contributed by atoms with Crippen molar-refractivity contribution in [2.75, 3.05) is 13.1 Å². The van der Waals surface area contributed by atoms with Gasteiger partial charge in [-0.1, -0.05) is 30.3 Å². The van der Waals surface area contributed by atoms with Gasteiger partial charge in [0.05, 0.1) is 18.1 Å². The lowest BCUT2D eigenvalue weighted by Gasteiger charge is -2.33. The summed E-state index contributed by atoms with van der Waals surface area (Å²) >= 11 is 0. The van der Waals surface area contributed by atoms with Crippen LogP contribution in [0.2, 0.25) is 0 Å². The topological polar surface area (TPSA) is 60.8 Å². The highest BCUT2D eigenvalue weighted by Gasteiger charge is 2.30. The Balaban J connectivity index is 2.01. The molecular formula is C15H21NO3. The maximum Gasteiger partial charge on any atom is 0.225 e. The number of rotatable bonds is 3. The van der Waals surface area contributed by atoms with Gasteiger partial charge in [-0.15, -0.1) is 0 Å². The Morgan fingerprint density at radius 2 is 2.11 bits per heavy atom. The standard InChI is InChI=1S/C15H21NO3/c1-15(19,12-6-3-2-4-7-12)10-14(18)16-9-5-8-13(17)11-16/h2-4,6-7,13,17,19H,5,8-11H2,1H3. The average molecular weight is 263 g/mol. The third-order valence-electron chi connectivity index (χ3n) is 3.64. The molecule has 2 rings (SSSR count). The normalized spacial score (nSPS) is 22.9. The Morgan fingerprint density at radius 3 is 2.74 bits per heavy atom. The van der Waals surface area contributed by atoms with Crippen molar-refractivity contribution in [2.45, 2.75) is 37.9 Å². The monoisotopic (exact) mass is 263 g/mol. The molecule has 2 N–H and O–H groups in total. The molecule has 1 aliphatic rings. The van der Waals surface area contributed by atoms with Crippen LogP contribution in [0.25, 0.3) is 0 Å². The zero-order valence-electron chi connectivity index (χ0n) is 11.2. The van der Waals surface area contributed by atoms with Gasteiger partial charge in [0.15, 0.2) is 0 Å². The molecule has 4 heteroatoms. The number of carbonyl (C=O) groups is 1. The van der Waals surface area contributed by atoms with E-state index in [0.29, 0.717) is 13.1 Å². The lowest BCUT2D eigenvalue weighted by molar-refractivity contribution is -0.139. The van der Waals surface area contributed by atoms with E-state index in [4.69, 9.17) is 0 Å². The van der Waals surface area contributed by atoms with Crippen LogP contribution in [0.4, 0.5) is 0 Å². The third-order valence-corrected chi connectivity index (χ3v) is 3.64. The smallest absolute Gasteiger partial charge is 0.225 e. The lowest BCUT2D eigenvalue weighted by Crippen LogP contribution is -2.44. The summed E-state index contributed by atoms with van der Waals surface area (Å²) in [5.41, 5.74) is -0.429. The Labute approximate surface area is 113 Å². The quantitative estimate of drug-likeness (QED) is 0.863. The lowest BCUT2D eigenvalue weighted by atomic mass is 9.91. The van der Waals surface area contributed by atoms with Crippen LogP contribution in [0.1, 0.15) is 31.7 Å². The fourth-order valence-electron chi connectivity index (χ4n) is 2.49. The van der Waals surface area contributed by atoms with Crippen molar-refractivity contribution >= 4 is 5.91 Å². The fourth-order valence-corrected chi connectivity index (χ4v) is 2.49. The summed E-state index contributed by atoms with van der Waals surface area (Å²) in [6.45, 7) is 2.70. The average Bonchev–Trinajstić information content (AvgIpc) is 2.39. The minimum absolute atomic E-state index is 0.0454. The van der Waals surface area contributed by atoms with E-state index in [1.807, 2.05) is 30.3 Å². The number of aliphatic hydroxyl groups excluding tert-OH is 1. The highest BCUT2D eigenvalue weighted by molar-refractivity contribution is 5.77. The Morgan fingerprint density at radius 1 is 1.42 bits per heavy atom. The van der Waals surface area contributed by atoms with Gasteiger partial charge in [-0.2, -0.15) is 0 Å². The van der Waals surface area contributed by atoms with E-state index in [1.165, 1.54) is 0 Å². The molecule has 1 aromatic carbocycles. The van der Waals surface area contributed by atoms with E-state index in [2.05, 4.69) is 0 Å². The molecule has 4 nitrogen and oxygen atoms in total. The van der Waals surface area contributed by atoms with Gasteiger partial charge in [0.2, 0.25) is 5.91 Å². The van der Waals surface area contributed by atoms with Crippen molar-refractivity contribution in [3.8, 4) is 0 Å². The van der Waals surface area contributed by atoms with E-state index in [0.717, 1.165) is 18.4 Å². The van der Waals surface area contributed by atoms with Crippen molar-refractivity contribution in [1.29, 1.82) is 0 Å². The van der Waals surface area contributed by atoms with Gasteiger partial charge in [0, 0.05) is 13.1 Å². The molecule has 0 aromatic heterocycles. The first-order chi connectivity index (χ1) is 8.99. The summed E-state index contributed by atoms with van der Waals surface area (Å²) < 4.78 is 0.